The molecule has 0 radical (unpaired) electrons. The molecule has 0 aromatic heterocycles. The van der Waals surface area contributed by atoms with E-state index >= 15 is 0 Å². The van der Waals surface area contributed by atoms with Crippen LogP contribution in [0.2, 0.25) is 0 Å². The van der Waals surface area contributed by atoms with Gasteiger partial charge in [0.2, 0.25) is 5.91 Å². The Balaban J connectivity index is 4.00. The molecule has 90 valence electrons. The van der Waals surface area contributed by atoms with E-state index in [1.54, 1.807) is 6.92 Å². The van der Waals surface area contributed by atoms with Gasteiger partial charge in [-0.15, -0.1) is 0 Å². The van der Waals surface area contributed by atoms with E-state index in [9.17, 15) is 14.4 Å². The van der Waals surface area contributed by atoms with E-state index in [-0.39, 0.29) is 18.0 Å². The van der Waals surface area contributed by atoms with Gasteiger partial charge in [-0.2, -0.15) is 0 Å². The predicted molar refractivity (Wildman–Crippen MR) is 61.2 cm³/mol. The van der Waals surface area contributed by atoms with Crippen molar-refractivity contribution in [1.82, 2.24) is 10.6 Å². The van der Waals surface area contributed by atoms with Gasteiger partial charge in [-0.1, -0.05) is 12.2 Å². The highest BCUT2D eigenvalue weighted by Gasteiger charge is 2.16. The highest BCUT2D eigenvalue weighted by Crippen LogP contribution is 1.88. The second-order valence-electron chi connectivity index (χ2n) is 3.19. The lowest BCUT2D eigenvalue weighted by Crippen LogP contribution is -2.46. The van der Waals surface area contributed by atoms with E-state index in [4.69, 9.17) is 11.5 Å². The van der Waals surface area contributed by atoms with E-state index in [1.165, 1.54) is 0 Å². The number of amides is 3. The molecule has 6 N–H and O–H groups in total. The van der Waals surface area contributed by atoms with Crippen molar-refractivity contribution in [3.05, 3.63) is 0 Å². The molecule has 1 atom stereocenters. The minimum Gasteiger partial charge on any atom is -0.392 e. The Kier molecular flexibility index (Phi) is 6.01. The standard InChI is InChI=1S/C8H14N4O3S/c1-4(2-5(9)13)12-8(15)7(14)11-3-6(10)16/h4H,2-3H2,1H3,(H2,9,13)(H2,10,16)(H,11,14)(H,12,15). The van der Waals surface area contributed by atoms with Crippen molar-refractivity contribution >= 4 is 34.9 Å². The lowest BCUT2D eigenvalue weighted by atomic mass is 10.2. The van der Waals surface area contributed by atoms with Crippen molar-refractivity contribution < 1.29 is 14.4 Å². The lowest BCUT2D eigenvalue weighted by molar-refractivity contribution is -0.139. The van der Waals surface area contributed by atoms with Crippen molar-refractivity contribution in [3.8, 4) is 0 Å². The molecule has 3 amide bonds. The van der Waals surface area contributed by atoms with Gasteiger partial charge in [0, 0.05) is 12.5 Å². The first-order valence-corrected chi connectivity index (χ1v) is 4.89. The molecule has 0 aliphatic carbocycles. The SMILES string of the molecule is CC(CC(N)=O)NC(=O)C(=O)NCC(N)=S. The Morgan fingerprint density at radius 2 is 1.81 bits per heavy atom. The fraction of sp³-hybridized carbons (Fsp3) is 0.500. The summed E-state index contributed by atoms with van der Waals surface area (Å²) in [5, 5.41) is 4.51. The summed E-state index contributed by atoms with van der Waals surface area (Å²) in [6, 6.07) is -0.499. The minimum absolute atomic E-state index is 0.0334. The third kappa shape index (κ3) is 6.71. The van der Waals surface area contributed by atoms with Gasteiger partial charge in [0.15, 0.2) is 0 Å². The van der Waals surface area contributed by atoms with Crippen LogP contribution in [0.15, 0.2) is 0 Å². The summed E-state index contributed by atoms with van der Waals surface area (Å²) >= 11 is 4.52. The maximum Gasteiger partial charge on any atom is 0.309 e. The number of hydrogen-bond donors (Lipinski definition) is 4. The maximum absolute atomic E-state index is 11.2. The van der Waals surface area contributed by atoms with Gasteiger partial charge in [-0.3, -0.25) is 14.4 Å². The van der Waals surface area contributed by atoms with Crippen LogP contribution in [-0.2, 0) is 14.4 Å². The summed E-state index contributed by atoms with van der Waals surface area (Å²) in [5.74, 6) is -2.27. The first kappa shape index (κ1) is 14.3. The number of rotatable bonds is 5. The first-order chi connectivity index (χ1) is 7.32. The van der Waals surface area contributed by atoms with Crippen LogP contribution < -0.4 is 22.1 Å². The van der Waals surface area contributed by atoms with Gasteiger partial charge in [-0.05, 0) is 6.92 Å². The van der Waals surface area contributed by atoms with Gasteiger partial charge in [-0.25, -0.2) is 0 Å². The molecular formula is C8H14N4O3S. The molecule has 0 saturated heterocycles. The zero-order chi connectivity index (χ0) is 12.7. The van der Waals surface area contributed by atoms with Crippen molar-refractivity contribution in [2.45, 2.75) is 19.4 Å². The molecule has 1 unspecified atom stereocenters. The number of carbonyl (C=O) groups is 3. The van der Waals surface area contributed by atoms with Crippen molar-refractivity contribution in [3.63, 3.8) is 0 Å². The molecule has 0 heterocycles. The molecule has 0 aliphatic heterocycles. The summed E-state index contributed by atoms with van der Waals surface area (Å²) in [6.07, 6.45) is -0.0334. The second kappa shape index (κ2) is 6.72. The van der Waals surface area contributed by atoms with E-state index < -0.39 is 23.8 Å². The monoisotopic (exact) mass is 246 g/mol. The van der Waals surface area contributed by atoms with E-state index in [2.05, 4.69) is 22.9 Å². The molecule has 0 saturated carbocycles. The van der Waals surface area contributed by atoms with Crippen molar-refractivity contribution in [2.24, 2.45) is 11.5 Å². The molecule has 0 aliphatic rings. The number of carbonyl (C=O) groups excluding carboxylic acids is 3. The van der Waals surface area contributed by atoms with Crippen LogP contribution in [0.4, 0.5) is 0 Å². The lowest BCUT2D eigenvalue weighted by Gasteiger charge is -2.11. The summed E-state index contributed by atoms with van der Waals surface area (Å²) in [7, 11) is 0. The summed E-state index contributed by atoms with van der Waals surface area (Å²) in [6.45, 7) is 1.51. The quantitative estimate of drug-likeness (QED) is 0.322. The Labute approximate surface area is 97.9 Å². The van der Waals surface area contributed by atoms with Gasteiger partial charge < -0.3 is 22.1 Å². The number of primary amides is 1. The number of nitrogens with one attached hydrogen (secondary N) is 2. The van der Waals surface area contributed by atoms with Crippen LogP contribution in [-0.4, -0.2) is 35.3 Å². The van der Waals surface area contributed by atoms with E-state index in [0.717, 1.165) is 0 Å². The minimum atomic E-state index is -0.857. The normalized spacial score (nSPS) is 11.3. The largest absolute Gasteiger partial charge is 0.392 e. The van der Waals surface area contributed by atoms with Gasteiger partial charge >= 0.3 is 11.8 Å². The highest BCUT2D eigenvalue weighted by atomic mass is 32.1. The molecule has 16 heavy (non-hydrogen) atoms. The van der Waals surface area contributed by atoms with Crippen LogP contribution in [0.3, 0.4) is 0 Å². The zero-order valence-corrected chi connectivity index (χ0v) is 9.60. The Bertz CT molecular complexity index is 318. The Morgan fingerprint density at radius 3 is 2.25 bits per heavy atom. The average Bonchev–Trinajstić information content (AvgIpc) is 2.12. The van der Waals surface area contributed by atoms with Crippen LogP contribution in [0.1, 0.15) is 13.3 Å². The van der Waals surface area contributed by atoms with E-state index in [0.29, 0.717) is 0 Å². The summed E-state index contributed by atoms with van der Waals surface area (Å²) in [4.78, 5) is 32.9. The Morgan fingerprint density at radius 1 is 1.25 bits per heavy atom. The molecule has 7 nitrogen and oxygen atoms in total. The van der Waals surface area contributed by atoms with Crippen LogP contribution in [0.5, 0.6) is 0 Å². The van der Waals surface area contributed by atoms with Crippen molar-refractivity contribution in [1.29, 1.82) is 0 Å². The molecule has 0 rings (SSSR count). The molecule has 0 spiro atoms. The first-order valence-electron chi connectivity index (χ1n) is 4.48. The molecule has 0 aromatic carbocycles. The number of nitrogens with two attached hydrogens (primary N) is 2. The summed E-state index contributed by atoms with van der Waals surface area (Å²) < 4.78 is 0. The number of hydrogen-bond acceptors (Lipinski definition) is 4. The Hall–Kier alpha value is -1.70. The van der Waals surface area contributed by atoms with Crippen LogP contribution >= 0.6 is 12.2 Å². The highest BCUT2D eigenvalue weighted by molar-refractivity contribution is 7.80. The number of thiocarbonyl (C=S) groups is 1. The third-order valence-corrected chi connectivity index (χ3v) is 1.66. The van der Waals surface area contributed by atoms with Crippen LogP contribution in [0.25, 0.3) is 0 Å². The van der Waals surface area contributed by atoms with Gasteiger partial charge in [0.25, 0.3) is 0 Å². The molecule has 8 heteroatoms. The topological polar surface area (TPSA) is 127 Å². The van der Waals surface area contributed by atoms with Gasteiger partial charge in [0.1, 0.15) is 0 Å². The molecule has 0 fully saturated rings. The smallest absolute Gasteiger partial charge is 0.309 e. The second-order valence-corrected chi connectivity index (χ2v) is 3.72. The molecular weight excluding hydrogens is 232 g/mol. The van der Waals surface area contributed by atoms with Crippen molar-refractivity contribution in [2.75, 3.05) is 6.54 Å². The maximum atomic E-state index is 11.2. The van der Waals surface area contributed by atoms with E-state index in [1.807, 2.05) is 0 Å². The molecule has 0 bridgehead atoms. The molecule has 0 aromatic rings. The van der Waals surface area contributed by atoms with Crippen LogP contribution in [0, 0.1) is 0 Å². The van der Waals surface area contributed by atoms with Gasteiger partial charge in [0.05, 0.1) is 11.5 Å². The zero-order valence-electron chi connectivity index (χ0n) is 8.78. The summed E-state index contributed by atoms with van der Waals surface area (Å²) in [5.41, 5.74) is 10.1. The third-order valence-electron chi connectivity index (χ3n) is 1.51. The average molecular weight is 246 g/mol. The fourth-order valence-electron chi connectivity index (χ4n) is 0.890. The fourth-order valence-corrected chi connectivity index (χ4v) is 0.962. The predicted octanol–water partition coefficient (Wildman–Crippen LogP) is -2.23.